The molecule has 0 spiro atoms. The number of piperidine rings is 1. The van der Waals surface area contributed by atoms with Crippen LogP contribution in [0.3, 0.4) is 0 Å². The van der Waals surface area contributed by atoms with E-state index in [1.807, 2.05) is 24.3 Å². The zero-order valence-electron chi connectivity index (χ0n) is 15.0. The van der Waals surface area contributed by atoms with Gasteiger partial charge in [-0.3, -0.25) is 9.36 Å². The summed E-state index contributed by atoms with van der Waals surface area (Å²) < 4.78 is 30.5. The number of likely N-dealkylation sites (tertiary alicyclic amines) is 1. The summed E-state index contributed by atoms with van der Waals surface area (Å²) >= 11 is 0. The van der Waals surface area contributed by atoms with E-state index < -0.39 is 6.61 Å². The fourth-order valence-corrected chi connectivity index (χ4v) is 3.73. The predicted molar refractivity (Wildman–Crippen MR) is 99.8 cm³/mol. The summed E-state index contributed by atoms with van der Waals surface area (Å²) in [6.45, 7) is -1.86. The Bertz CT molecular complexity index is 1030. The van der Waals surface area contributed by atoms with Crippen molar-refractivity contribution in [2.24, 2.45) is 0 Å². The number of amides is 1. The molecule has 1 N–H and O–H groups in total. The number of halogens is 2. The van der Waals surface area contributed by atoms with Gasteiger partial charge in [-0.25, -0.2) is 4.79 Å². The molecule has 0 atom stereocenters. The number of nitrogens with zero attached hydrogens (tertiary/aromatic N) is 2. The summed E-state index contributed by atoms with van der Waals surface area (Å²) in [4.78, 5) is 29.6. The summed E-state index contributed by atoms with van der Waals surface area (Å²) in [5.41, 5.74) is 1.95. The molecule has 6 nitrogen and oxygen atoms in total. The van der Waals surface area contributed by atoms with Crippen LogP contribution in [0.4, 0.5) is 8.78 Å². The lowest BCUT2D eigenvalue weighted by Crippen LogP contribution is -2.40. The van der Waals surface area contributed by atoms with Gasteiger partial charge in [0.1, 0.15) is 5.75 Å². The third kappa shape index (κ3) is 3.49. The van der Waals surface area contributed by atoms with E-state index in [1.54, 1.807) is 9.47 Å². The number of alkyl halides is 2. The van der Waals surface area contributed by atoms with E-state index in [-0.39, 0.29) is 23.4 Å². The third-order valence-corrected chi connectivity index (χ3v) is 5.07. The third-order valence-electron chi connectivity index (χ3n) is 5.07. The van der Waals surface area contributed by atoms with E-state index in [2.05, 4.69) is 9.72 Å². The van der Waals surface area contributed by atoms with Crippen molar-refractivity contribution in [2.75, 3.05) is 13.1 Å². The molecule has 3 aromatic rings. The molecule has 1 aliphatic rings. The number of fused-ring (bicyclic) bond motifs is 1. The van der Waals surface area contributed by atoms with Crippen molar-refractivity contribution in [1.82, 2.24) is 14.5 Å². The SMILES string of the molecule is O=C(c1ccc(OC(F)F)cc1)N1CCC(n2c(=O)[nH]c3ccccc32)CC1. The van der Waals surface area contributed by atoms with Crippen molar-refractivity contribution in [3.63, 3.8) is 0 Å². The van der Waals surface area contributed by atoms with Crippen LogP contribution in [0.25, 0.3) is 11.0 Å². The van der Waals surface area contributed by atoms with Gasteiger partial charge in [-0.1, -0.05) is 12.1 Å². The van der Waals surface area contributed by atoms with Crippen molar-refractivity contribution in [2.45, 2.75) is 25.5 Å². The van der Waals surface area contributed by atoms with Crippen LogP contribution in [0, 0.1) is 0 Å². The number of hydrogen-bond donors (Lipinski definition) is 1. The number of aromatic nitrogens is 2. The van der Waals surface area contributed by atoms with Gasteiger partial charge >= 0.3 is 12.3 Å². The Morgan fingerprint density at radius 2 is 1.75 bits per heavy atom. The van der Waals surface area contributed by atoms with E-state index in [0.717, 1.165) is 11.0 Å². The molecule has 1 fully saturated rings. The number of rotatable bonds is 4. The molecule has 2 heterocycles. The lowest BCUT2D eigenvalue weighted by molar-refractivity contribution is -0.0498. The molecule has 8 heteroatoms. The van der Waals surface area contributed by atoms with Gasteiger partial charge in [-0.05, 0) is 49.2 Å². The first-order chi connectivity index (χ1) is 13.5. The van der Waals surface area contributed by atoms with Crippen molar-refractivity contribution in [3.8, 4) is 5.75 Å². The van der Waals surface area contributed by atoms with Crippen LogP contribution in [-0.2, 0) is 0 Å². The molecule has 0 unspecified atom stereocenters. The Hall–Kier alpha value is -3.16. The molecule has 146 valence electrons. The van der Waals surface area contributed by atoms with Crippen LogP contribution in [-0.4, -0.2) is 40.1 Å². The van der Waals surface area contributed by atoms with E-state index in [1.165, 1.54) is 24.3 Å². The number of carbonyl (C=O) groups is 1. The summed E-state index contributed by atoms with van der Waals surface area (Å²) in [5, 5.41) is 0. The zero-order valence-corrected chi connectivity index (χ0v) is 15.0. The van der Waals surface area contributed by atoms with Crippen LogP contribution >= 0.6 is 0 Å². The maximum absolute atomic E-state index is 12.7. The Balaban J connectivity index is 1.44. The minimum Gasteiger partial charge on any atom is -0.435 e. The van der Waals surface area contributed by atoms with Gasteiger partial charge in [-0.15, -0.1) is 0 Å². The number of hydrogen-bond acceptors (Lipinski definition) is 3. The molecule has 1 saturated heterocycles. The van der Waals surface area contributed by atoms with E-state index >= 15 is 0 Å². The smallest absolute Gasteiger partial charge is 0.387 e. The molecule has 0 radical (unpaired) electrons. The Morgan fingerprint density at radius 3 is 2.43 bits per heavy atom. The van der Waals surface area contributed by atoms with Gasteiger partial charge in [0.2, 0.25) is 0 Å². The van der Waals surface area contributed by atoms with Crippen molar-refractivity contribution < 1.29 is 18.3 Å². The molecule has 28 heavy (non-hydrogen) atoms. The number of imidazole rings is 1. The number of aromatic amines is 1. The second-order valence-corrected chi connectivity index (χ2v) is 6.74. The van der Waals surface area contributed by atoms with Gasteiger partial charge in [-0.2, -0.15) is 8.78 Å². The summed E-state index contributed by atoms with van der Waals surface area (Å²) in [6.07, 6.45) is 1.33. The van der Waals surface area contributed by atoms with Crippen LogP contribution in [0.15, 0.2) is 53.3 Å². The Kier molecular flexibility index (Phi) is 4.85. The minimum absolute atomic E-state index is 0.0176. The summed E-state index contributed by atoms with van der Waals surface area (Å²) in [6, 6.07) is 13.3. The standard InChI is InChI=1S/C20H19F2N3O3/c21-19(22)28-15-7-5-13(6-8-15)18(26)24-11-9-14(10-12-24)25-17-4-2-1-3-16(17)23-20(25)27/h1-8,14,19H,9-12H2,(H,23,27). The molecular formula is C20H19F2N3O3. The van der Waals surface area contributed by atoms with Crippen LogP contribution in [0.1, 0.15) is 29.2 Å². The van der Waals surface area contributed by atoms with Crippen LogP contribution in [0.5, 0.6) is 5.75 Å². The lowest BCUT2D eigenvalue weighted by Gasteiger charge is -2.32. The molecule has 2 aromatic carbocycles. The molecule has 0 bridgehead atoms. The highest BCUT2D eigenvalue weighted by molar-refractivity contribution is 5.94. The second-order valence-electron chi connectivity index (χ2n) is 6.74. The minimum atomic E-state index is -2.89. The highest BCUT2D eigenvalue weighted by Crippen LogP contribution is 2.26. The monoisotopic (exact) mass is 387 g/mol. The lowest BCUT2D eigenvalue weighted by atomic mass is 10.0. The number of ether oxygens (including phenoxy) is 1. The number of nitrogens with one attached hydrogen (secondary N) is 1. The maximum atomic E-state index is 12.7. The molecule has 1 amide bonds. The Morgan fingerprint density at radius 1 is 1.07 bits per heavy atom. The number of H-pyrrole nitrogens is 1. The van der Waals surface area contributed by atoms with Gasteiger partial charge < -0.3 is 14.6 Å². The summed E-state index contributed by atoms with van der Waals surface area (Å²) in [5.74, 6) is -0.141. The molecule has 1 aliphatic heterocycles. The number of para-hydroxylation sites is 2. The fraction of sp³-hybridized carbons (Fsp3) is 0.300. The van der Waals surface area contributed by atoms with E-state index in [4.69, 9.17) is 0 Å². The highest BCUT2D eigenvalue weighted by Gasteiger charge is 2.26. The van der Waals surface area contributed by atoms with Gasteiger partial charge in [0.05, 0.1) is 11.0 Å². The quantitative estimate of drug-likeness (QED) is 0.746. The first-order valence-corrected chi connectivity index (χ1v) is 9.06. The molecular weight excluding hydrogens is 368 g/mol. The molecule has 0 aliphatic carbocycles. The molecule has 1 aromatic heterocycles. The summed E-state index contributed by atoms with van der Waals surface area (Å²) in [7, 11) is 0. The topological polar surface area (TPSA) is 67.3 Å². The van der Waals surface area contributed by atoms with Crippen molar-refractivity contribution >= 4 is 16.9 Å². The van der Waals surface area contributed by atoms with Crippen LogP contribution < -0.4 is 10.4 Å². The first kappa shape index (κ1) is 18.2. The van der Waals surface area contributed by atoms with Crippen molar-refractivity contribution in [3.05, 3.63) is 64.6 Å². The number of carbonyl (C=O) groups excluding carboxylic acids is 1. The van der Waals surface area contributed by atoms with Gasteiger partial charge in [0.15, 0.2) is 0 Å². The zero-order chi connectivity index (χ0) is 19.7. The van der Waals surface area contributed by atoms with Gasteiger partial charge in [0.25, 0.3) is 5.91 Å². The van der Waals surface area contributed by atoms with Crippen molar-refractivity contribution in [1.29, 1.82) is 0 Å². The average Bonchev–Trinajstić information content (AvgIpc) is 3.03. The van der Waals surface area contributed by atoms with Crippen LogP contribution in [0.2, 0.25) is 0 Å². The van der Waals surface area contributed by atoms with E-state index in [0.29, 0.717) is 31.5 Å². The molecule has 4 rings (SSSR count). The average molecular weight is 387 g/mol. The fourth-order valence-electron chi connectivity index (χ4n) is 3.73. The largest absolute Gasteiger partial charge is 0.435 e. The number of benzene rings is 2. The molecule has 0 saturated carbocycles. The predicted octanol–water partition coefficient (Wildman–Crippen LogP) is 3.41. The van der Waals surface area contributed by atoms with Gasteiger partial charge in [0, 0.05) is 24.7 Å². The second kappa shape index (κ2) is 7.46. The highest BCUT2D eigenvalue weighted by atomic mass is 19.3. The first-order valence-electron chi connectivity index (χ1n) is 9.06. The maximum Gasteiger partial charge on any atom is 0.387 e. The van der Waals surface area contributed by atoms with E-state index in [9.17, 15) is 18.4 Å². The Labute approximate surface area is 159 Å². The normalized spacial score (nSPS) is 15.3.